The van der Waals surface area contributed by atoms with Crippen molar-refractivity contribution in [2.24, 2.45) is 0 Å². The van der Waals surface area contributed by atoms with Gasteiger partial charge >= 0.3 is 0 Å². The summed E-state index contributed by atoms with van der Waals surface area (Å²) >= 11 is 1.18. The third kappa shape index (κ3) is 4.17. The number of nitrogens with one attached hydrogen (secondary N) is 2. The van der Waals surface area contributed by atoms with Crippen molar-refractivity contribution >= 4 is 32.4 Å². The van der Waals surface area contributed by atoms with Crippen molar-refractivity contribution in [1.82, 2.24) is 15.5 Å². The van der Waals surface area contributed by atoms with Crippen LogP contribution in [-0.2, 0) is 10.0 Å². The number of nitrogens with zero attached hydrogens (tertiary/aromatic N) is 2. The molecule has 1 atom stereocenters. The normalized spacial score (nSPS) is 12.6. The summed E-state index contributed by atoms with van der Waals surface area (Å²) in [5, 5.41) is 8.70. The van der Waals surface area contributed by atoms with E-state index in [0.717, 1.165) is 11.3 Å². The van der Waals surface area contributed by atoms with Crippen LogP contribution in [-0.4, -0.2) is 24.5 Å². The second kappa shape index (κ2) is 7.49. The lowest BCUT2D eigenvalue weighted by molar-refractivity contribution is 0.0939. The van der Waals surface area contributed by atoms with Gasteiger partial charge in [0, 0.05) is 22.7 Å². The number of hydrogen-bond donors (Lipinski definition) is 2. The molecule has 2 aromatic heterocycles. The van der Waals surface area contributed by atoms with Crippen LogP contribution in [0.2, 0.25) is 0 Å². The van der Waals surface area contributed by atoms with Gasteiger partial charge in [-0.05, 0) is 45.0 Å². The maximum atomic E-state index is 12.5. The number of rotatable bonds is 6. The van der Waals surface area contributed by atoms with Gasteiger partial charge < -0.3 is 9.84 Å². The van der Waals surface area contributed by atoms with E-state index in [2.05, 4.69) is 20.2 Å². The molecule has 0 aliphatic rings. The number of sulfonamides is 1. The molecule has 1 amide bonds. The van der Waals surface area contributed by atoms with E-state index < -0.39 is 10.0 Å². The van der Waals surface area contributed by atoms with Gasteiger partial charge in [0.1, 0.15) is 5.76 Å². The molecule has 0 aliphatic heterocycles. The Labute approximate surface area is 160 Å². The lowest BCUT2D eigenvalue weighted by atomic mass is 10.1. The SMILES string of the molecule is Cc1noc(C)c1[C@H](C)NC(=O)c1ccc(S(=O)(=O)Nc2nccs2)cc1. The topological polar surface area (TPSA) is 114 Å². The molecule has 0 saturated heterocycles. The molecule has 2 heterocycles. The first-order chi connectivity index (χ1) is 12.8. The van der Waals surface area contributed by atoms with Crippen LogP contribution >= 0.6 is 11.3 Å². The zero-order chi connectivity index (χ0) is 19.6. The molecule has 0 bridgehead atoms. The van der Waals surface area contributed by atoms with E-state index in [1.807, 2.05) is 13.8 Å². The maximum Gasteiger partial charge on any atom is 0.263 e. The van der Waals surface area contributed by atoms with Crippen LogP contribution in [0.3, 0.4) is 0 Å². The molecule has 27 heavy (non-hydrogen) atoms. The van der Waals surface area contributed by atoms with Crippen molar-refractivity contribution < 1.29 is 17.7 Å². The summed E-state index contributed by atoms with van der Waals surface area (Å²) in [6.45, 7) is 5.43. The molecular weight excluding hydrogens is 388 g/mol. The van der Waals surface area contributed by atoms with E-state index in [0.29, 0.717) is 11.3 Å². The largest absolute Gasteiger partial charge is 0.361 e. The first-order valence-corrected chi connectivity index (χ1v) is 10.4. The predicted molar refractivity (Wildman–Crippen MR) is 101 cm³/mol. The average molecular weight is 406 g/mol. The minimum atomic E-state index is -3.75. The Bertz CT molecular complexity index is 1020. The number of thiazole rings is 1. The van der Waals surface area contributed by atoms with Gasteiger partial charge in [-0.1, -0.05) is 5.16 Å². The maximum absolute atomic E-state index is 12.5. The third-order valence-electron chi connectivity index (χ3n) is 3.95. The Hall–Kier alpha value is -2.72. The highest BCUT2D eigenvalue weighted by Gasteiger charge is 2.20. The third-order valence-corrected chi connectivity index (χ3v) is 6.12. The highest BCUT2D eigenvalue weighted by molar-refractivity contribution is 7.93. The summed E-state index contributed by atoms with van der Waals surface area (Å²) in [5.74, 6) is 0.328. The number of amides is 1. The van der Waals surface area contributed by atoms with Crippen LogP contribution in [0, 0.1) is 13.8 Å². The van der Waals surface area contributed by atoms with Gasteiger partial charge in [-0.3, -0.25) is 9.52 Å². The summed E-state index contributed by atoms with van der Waals surface area (Å²) < 4.78 is 32.2. The van der Waals surface area contributed by atoms with Crippen LogP contribution in [0.15, 0.2) is 45.3 Å². The van der Waals surface area contributed by atoms with Gasteiger partial charge in [-0.25, -0.2) is 13.4 Å². The summed E-state index contributed by atoms with van der Waals surface area (Å²) in [7, 11) is -3.75. The van der Waals surface area contributed by atoms with Crippen molar-refractivity contribution in [2.75, 3.05) is 4.72 Å². The molecule has 0 spiro atoms. The lowest BCUT2D eigenvalue weighted by Crippen LogP contribution is -2.27. The number of aromatic nitrogens is 2. The van der Waals surface area contributed by atoms with Crippen molar-refractivity contribution in [3.63, 3.8) is 0 Å². The van der Waals surface area contributed by atoms with Gasteiger partial charge in [-0.15, -0.1) is 11.3 Å². The number of carbonyl (C=O) groups excluding carboxylic acids is 1. The molecule has 142 valence electrons. The molecule has 1 aromatic carbocycles. The number of hydrogen-bond acceptors (Lipinski definition) is 7. The van der Waals surface area contributed by atoms with E-state index in [-0.39, 0.29) is 22.0 Å². The monoisotopic (exact) mass is 406 g/mol. The van der Waals surface area contributed by atoms with Crippen molar-refractivity contribution in [3.05, 3.63) is 58.4 Å². The van der Waals surface area contributed by atoms with E-state index in [1.54, 1.807) is 12.3 Å². The van der Waals surface area contributed by atoms with Crippen LogP contribution in [0.1, 0.15) is 40.3 Å². The Morgan fingerprint density at radius 3 is 2.48 bits per heavy atom. The number of anilines is 1. The highest BCUT2D eigenvalue weighted by atomic mass is 32.2. The summed E-state index contributed by atoms with van der Waals surface area (Å²) in [6.07, 6.45) is 1.51. The molecule has 0 aliphatic carbocycles. The van der Waals surface area contributed by atoms with Gasteiger partial charge in [-0.2, -0.15) is 0 Å². The van der Waals surface area contributed by atoms with Gasteiger partial charge in [0.25, 0.3) is 15.9 Å². The van der Waals surface area contributed by atoms with Crippen LogP contribution in [0.4, 0.5) is 5.13 Å². The molecule has 0 saturated carbocycles. The number of benzene rings is 1. The fourth-order valence-corrected chi connectivity index (χ4v) is 4.48. The van der Waals surface area contributed by atoms with E-state index in [9.17, 15) is 13.2 Å². The minimum Gasteiger partial charge on any atom is -0.361 e. The Balaban J connectivity index is 1.72. The predicted octanol–water partition coefficient (Wildman–Crippen LogP) is 3.04. The standard InChI is InChI=1S/C17H18N4O4S2/c1-10(15-11(2)20-25-12(15)3)19-16(22)13-4-6-14(7-5-13)27(23,24)21-17-18-8-9-26-17/h4-10H,1-3H3,(H,18,21)(H,19,22)/t10-/m0/s1. The Morgan fingerprint density at radius 1 is 1.22 bits per heavy atom. The molecule has 8 nitrogen and oxygen atoms in total. The fourth-order valence-electron chi connectivity index (χ4n) is 2.69. The molecule has 3 rings (SSSR count). The first kappa shape index (κ1) is 19.1. The van der Waals surface area contributed by atoms with E-state index in [4.69, 9.17) is 4.52 Å². The summed E-state index contributed by atoms with van der Waals surface area (Å²) in [4.78, 5) is 16.4. The molecule has 10 heteroatoms. The second-order valence-electron chi connectivity index (χ2n) is 5.90. The lowest BCUT2D eigenvalue weighted by Gasteiger charge is -2.14. The van der Waals surface area contributed by atoms with Crippen molar-refractivity contribution in [2.45, 2.75) is 31.7 Å². The summed E-state index contributed by atoms with van der Waals surface area (Å²) in [5.41, 5.74) is 1.90. The smallest absolute Gasteiger partial charge is 0.263 e. The number of aryl methyl sites for hydroxylation is 2. The first-order valence-electron chi connectivity index (χ1n) is 8.04. The van der Waals surface area contributed by atoms with Crippen molar-refractivity contribution in [1.29, 1.82) is 0 Å². The van der Waals surface area contributed by atoms with Gasteiger partial charge in [0.2, 0.25) is 0 Å². The molecular formula is C17H18N4O4S2. The molecule has 0 unspecified atom stereocenters. The quantitative estimate of drug-likeness (QED) is 0.650. The van der Waals surface area contributed by atoms with Gasteiger partial charge in [0.05, 0.1) is 16.6 Å². The Morgan fingerprint density at radius 2 is 1.93 bits per heavy atom. The highest BCUT2D eigenvalue weighted by Crippen LogP contribution is 2.22. The zero-order valence-electron chi connectivity index (χ0n) is 14.9. The second-order valence-corrected chi connectivity index (χ2v) is 8.48. The van der Waals surface area contributed by atoms with E-state index >= 15 is 0 Å². The fraction of sp³-hybridized carbons (Fsp3) is 0.235. The zero-order valence-corrected chi connectivity index (χ0v) is 16.5. The average Bonchev–Trinajstić information content (AvgIpc) is 3.24. The van der Waals surface area contributed by atoms with Crippen LogP contribution < -0.4 is 10.0 Å². The Kier molecular flexibility index (Phi) is 5.29. The number of carbonyl (C=O) groups is 1. The van der Waals surface area contributed by atoms with Crippen LogP contribution in [0.5, 0.6) is 0 Å². The summed E-state index contributed by atoms with van der Waals surface area (Å²) in [6, 6.07) is 5.40. The van der Waals surface area contributed by atoms with Gasteiger partial charge in [0.15, 0.2) is 5.13 Å². The molecule has 3 aromatic rings. The van der Waals surface area contributed by atoms with Crippen LogP contribution in [0.25, 0.3) is 0 Å². The van der Waals surface area contributed by atoms with Crippen molar-refractivity contribution in [3.8, 4) is 0 Å². The molecule has 0 fully saturated rings. The molecule has 0 radical (unpaired) electrons. The van der Waals surface area contributed by atoms with E-state index in [1.165, 1.54) is 41.8 Å². The minimum absolute atomic E-state index is 0.0491. The molecule has 2 N–H and O–H groups in total.